The van der Waals surface area contributed by atoms with Gasteiger partial charge in [-0.3, -0.25) is 0 Å². The molecule has 0 amide bonds. The summed E-state index contributed by atoms with van der Waals surface area (Å²) in [6, 6.07) is 10.2. The van der Waals surface area contributed by atoms with Crippen molar-refractivity contribution in [1.82, 2.24) is 9.78 Å². The van der Waals surface area contributed by atoms with Crippen LogP contribution in [0.5, 0.6) is 5.75 Å². The number of benzene rings is 2. The van der Waals surface area contributed by atoms with Crippen molar-refractivity contribution in [1.29, 1.82) is 0 Å². The number of halogens is 2. The molecule has 3 rings (SSSR count). The lowest BCUT2D eigenvalue weighted by Gasteiger charge is -2.08. The molecule has 0 N–H and O–H groups in total. The monoisotopic (exact) mass is 416 g/mol. The summed E-state index contributed by atoms with van der Waals surface area (Å²) in [4.78, 5) is 25.0. The highest BCUT2D eigenvalue weighted by atomic mass is 19.1. The molecule has 1 heterocycles. The molecule has 3 aromatic rings. The standard InChI is InChI=1S/C21H18F2N2O5/c1-4-30-13-10-14(22)16(15(23)11-13)18-17(20(26)28-2)19(21(27)29-3)25(24-18)12-8-6-5-7-9-12/h5-11H,4H2,1-3H3. The number of rotatable bonds is 6. The van der Waals surface area contributed by atoms with Crippen molar-refractivity contribution in [2.45, 2.75) is 6.92 Å². The van der Waals surface area contributed by atoms with Crippen LogP contribution in [-0.2, 0) is 9.47 Å². The summed E-state index contributed by atoms with van der Waals surface area (Å²) in [6.07, 6.45) is 0. The third-order valence-electron chi connectivity index (χ3n) is 4.22. The topological polar surface area (TPSA) is 79.7 Å². The zero-order valence-corrected chi connectivity index (χ0v) is 16.4. The number of esters is 2. The summed E-state index contributed by atoms with van der Waals surface area (Å²) in [6.45, 7) is 1.88. The van der Waals surface area contributed by atoms with Crippen LogP contribution in [0.15, 0.2) is 42.5 Å². The van der Waals surface area contributed by atoms with Crippen LogP contribution < -0.4 is 4.74 Å². The first-order valence-electron chi connectivity index (χ1n) is 8.90. The Morgan fingerprint density at radius 3 is 2.13 bits per heavy atom. The molecule has 0 aliphatic carbocycles. The van der Waals surface area contributed by atoms with E-state index in [4.69, 9.17) is 14.2 Å². The number of carbonyl (C=O) groups excluding carboxylic acids is 2. The third kappa shape index (κ3) is 3.73. The second-order valence-electron chi connectivity index (χ2n) is 6.00. The van der Waals surface area contributed by atoms with Crippen molar-refractivity contribution < 1.29 is 32.6 Å². The normalized spacial score (nSPS) is 10.6. The Morgan fingerprint density at radius 2 is 1.60 bits per heavy atom. The number of para-hydroxylation sites is 1. The fourth-order valence-electron chi connectivity index (χ4n) is 2.96. The maximum Gasteiger partial charge on any atom is 0.357 e. The highest BCUT2D eigenvalue weighted by Gasteiger charge is 2.33. The molecule has 0 spiro atoms. The Balaban J connectivity index is 2.37. The van der Waals surface area contributed by atoms with Crippen LogP contribution in [0.1, 0.15) is 27.8 Å². The molecule has 2 aromatic carbocycles. The molecule has 0 radical (unpaired) electrons. The predicted molar refractivity (Wildman–Crippen MR) is 103 cm³/mol. The van der Waals surface area contributed by atoms with Crippen LogP contribution in [0.2, 0.25) is 0 Å². The second kappa shape index (κ2) is 8.73. The number of hydrogen-bond acceptors (Lipinski definition) is 6. The van der Waals surface area contributed by atoms with E-state index in [1.807, 2.05) is 0 Å². The first-order valence-corrected chi connectivity index (χ1v) is 8.90. The van der Waals surface area contributed by atoms with E-state index < -0.39 is 40.4 Å². The Labute approximate surface area is 170 Å². The molecule has 0 unspecified atom stereocenters. The first-order chi connectivity index (χ1) is 14.4. The van der Waals surface area contributed by atoms with E-state index in [1.54, 1.807) is 37.3 Å². The second-order valence-corrected chi connectivity index (χ2v) is 6.00. The molecule has 9 heteroatoms. The van der Waals surface area contributed by atoms with Crippen molar-refractivity contribution in [3.05, 3.63) is 65.4 Å². The van der Waals surface area contributed by atoms with Gasteiger partial charge in [0, 0.05) is 12.1 Å². The minimum Gasteiger partial charge on any atom is -0.494 e. The lowest BCUT2D eigenvalue weighted by atomic mass is 10.0. The van der Waals surface area contributed by atoms with Crippen LogP contribution in [0.25, 0.3) is 16.9 Å². The number of ether oxygens (including phenoxy) is 3. The molecule has 0 saturated carbocycles. The average Bonchev–Trinajstić information content (AvgIpc) is 3.13. The highest BCUT2D eigenvalue weighted by Crippen LogP contribution is 2.34. The van der Waals surface area contributed by atoms with Gasteiger partial charge in [0.1, 0.15) is 28.6 Å². The lowest BCUT2D eigenvalue weighted by molar-refractivity contribution is 0.0549. The summed E-state index contributed by atoms with van der Waals surface area (Å²) >= 11 is 0. The summed E-state index contributed by atoms with van der Waals surface area (Å²) in [5.74, 6) is -3.98. The zero-order chi connectivity index (χ0) is 21.8. The molecular weight excluding hydrogens is 398 g/mol. The van der Waals surface area contributed by atoms with Crippen LogP contribution in [0.3, 0.4) is 0 Å². The van der Waals surface area contributed by atoms with E-state index in [0.29, 0.717) is 5.69 Å². The number of carbonyl (C=O) groups is 2. The molecule has 0 saturated heterocycles. The Kier molecular flexibility index (Phi) is 6.10. The summed E-state index contributed by atoms with van der Waals surface area (Å²) < 4.78 is 45.5. The minimum atomic E-state index is -1.02. The van der Waals surface area contributed by atoms with E-state index in [0.717, 1.165) is 31.0 Å². The van der Waals surface area contributed by atoms with Gasteiger partial charge >= 0.3 is 11.9 Å². The largest absolute Gasteiger partial charge is 0.494 e. The van der Waals surface area contributed by atoms with Gasteiger partial charge in [-0.25, -0.2) is 23.1 Å². The van der Waals surface area contributed by atoms with Gasteiger partial charge in [-0.1, -0.05) is 18.2 Å². The lowest BCUT2D eigenvalue weighted by Crippen LogP contribution is -2.15. The van der Waals surface area contributed by atoms with Crippen molar-refractivity contribution in [2.75, 3.05) is 20.8 Å². The number of nitrogens with zero attached hydrogens (tertiary/aromatic N) is 2. The van der Waals surface area contributed by atoms with Gasteiger partial charge in [-0.15, -0.1) is 0 Å². The number of hydrogen-bond donors (Lipinski definition) is 0. The van der Waals surface area contributed by atoms with Gasteiger partial charge in [0.25, 0.3) is 0 Å². The molecule has 0 atom stereocenters. The van der Waals surface area contributed by atoms with Crippen molar-refractivity contribution >= 4 is 11.9 Å². The quantitative estimate of drug-likeness (QED) is 0.569. The van der Waals surface area contributed by atoms with Crippen molar-refractivity contribution in [3.8, 4) is 22.7 Å². The maximum absolute atomic E-state index is 14.9. The fraction of sp³-hybridized carbons (Fsp3) is 0.190. The van der Waals surface area contributed by atoms with E-state index in [-0.39, 0.29) is 18.1 Å². The van der Waals surface area contributed by atoms with Gasteiger partial charge in [0.15, 0.2) is 5.69 Å². The molecule has 1 aromatic heterocycles. The van der Waals surface area contributed by atoms with Crippen molar-refractivity contribution in [3.63, 3.8) is 0 Å². The number of aromatic nitrogens is 2. The first kappa shape index (κ1) is 21.0. The van der Waals surface area contributed by atoms with E-state index in [1.165, 1.54) is 0 Å². The molecule has 7 nitrogen and oxygen atoms in total. The van der Waals surface area contributed by atoms with Crippen molar-refractivity contribution in [2.24, 2.45) is 0 Å². The fourth-order valence-corrected chi connectivity index (χ4v) is 2.96. The Bertz CT molecular complexity index is 1070. The molecule has 0 aliphatic heterocycles. The molecule has 156 valence electrons. The summed E-state index contributed by atoms with van der Waals surface area (Å²) in [5.41, 5.74) is -1.36. The molecule has 0 bridgehead atoms. The van der Waals surface area contributed by atoms with Crippen LogP contribution in [-0.4, -0.2) is 42.5 Å². The maximum atomic E-state index is 14.9. The van der Waals surface area contributed by atoms with Gasteiger partial charge in [0.05, 0.1) is 32.1 Å². The van der Waals surface area contributed by atoms with Gasteiger partial charge in [0.2, 0.25) is 0 Å². The smallest absolute Gasteiger partial charge is 0.357 e. The summed E-state index contributed by atoms with van der Waals surface area (Å²) in [7, 11) is 2.20. The highest BCUT2D eigenvalue weighted by molar-refractivity contribution is 6.06. The van der Waals surface area contributed by atoms with Crippen LogP contribution >= 0.6 is 0 Å². The number of methoxy groups -OCH3 is 2. The van der Waals surface area contributed by atoms with Gasteiger partial charge < -0.3 is 14.2 Å². The SMILES string of the molecule is CCOc1cc(F)c(-c2nn(-c3ccccc3)c(C(=O)OC)c2C(=O)OC)c(F)c1. The Morgan fingerprint density at radius 1 is 1.00 bits per heavy atom. The molecule has 30 heavy (non-hydrogen) atoms. The minimum absolute atomic E-state index is 0.0217. The van der Waals surface area contributed by atoms with Gasteiger partial charge in [-0.05, 0) is 19.1 Å². The van der Waals surface area contributed by atoms with E-state index >= 15 is 0 Å². The average molecular weight is 416 g/mol. The van der Waals surface area contributed by atoms with Crippen LogP contribution in [0, 0.1) is 11.6 Å². The summed E-state index contributed by atoms with van der Waals surface area (Å²) in [5, 5.41) is 4.18. The van der Waals surface area contributed by atoms with E-state index in [2.05, 4.69) is 5.10 Å². The molecule has 0 aliphatic rings. The zero-order valence-electron chi connectivity index (χ0n) is 16.4. The Hall–Kier alpha value is -3.75. The molecule has 0 fully saturated rings. The van der Waals surface area contributed by atoms with E-state index in [9.17, 15) is 18.4 Å². The predicted octanol–water partition coefficient (Wildman–Crippen LogP) is 3.79. The molecular formula is C21H18F2N2O5. The van der Waals surface area contributed by atoms with Crippen LogP contribution in [0.4, 0.5) is 8.78 Å². The van der Waals surface area contributed by atoms with Gasteiger partial charge in [-0.2, -0.15) is 5.10 Å². The third-order valence-corrected chi connectivity index (χ3v) is 4.22.